The van der Waals surface area contributed by atoms with Crippen LogP contribution in [0.2, 0.25) is 0 Å². The van der Waals surface area contributed by atoms with E-state index in [-0.39, 0.29) is 11.5 Å². The summed E-state index contributed by atoms with van der Waals surface area (Å²) in [5, 5.41) is 18.6. The van der Waals surface area contributed by atoms with Crippen LogP contribution in [0, 0.1) is 0 Å². The van der Waals surface area contributed by atoms with Crippen molar-refractivity contribution >= 4 is 0 Å². The fourth-order valence-corrected chi connectivity index (χ4v) is 2.19. The van der Waals surface area contributed by atoms with Crippen LogP contribution >= 0.6 is 0 Å². The lowest BCUT2D eigenvalue weighted by Crippen LogP contribution is -2.31. The number of hydrogen-bond acceptors (Lipinski definition) is 3. The third-order valence-corrected chi connectivity index (χ3v) is 3.21. The van der Waals surface area contributed by atoms with Crippen molar-refractivity contribution < 1.29 is 10.2 Å². The maximum Gasteiger partial charge on any atom is 0.157 e. The Kier molecular flexibility index (Phi) is 3.67. The highest BCUT2D eigenvalue weighted by Crippen LogP contribution is 2.25. The molecular formula is C13H19NO2. The molecule has 88 valence electrons. The highest BCUT2D eigenvalue weighted by Gasteiger charge is 2.10. The van der Waals surface area contributed by atoms with Gasteiger partial charge in [-0.3, -0.25) is 0 Å². The molecule has 0 unspecified atom stereocenters. The van der Waals surface area contributed by atoms with E-state index in [9.17, 15) is 10.2 Å². The van der Waals surface area contributed by atoms with Gasteiger partial charge in [-0.2, -0.15) is 0 Å². The Morgan fingerprint density at radius 1 is 1.00 bits per heavy atom. The second-order valence-electron chi connectivity index (χ2n) is 4.48. The predicted molar refractivity (Wildman–Crippen MR) is 63.8 cm³/mol. The molecule has 1 aliphatic heterocycles. The molecule has 0 bridgehead atoms. The molecule has 2 N–H and O–H groups in total. The summed E-state index contributed by atoms with van der Waals surface area (Å²) in [7, 11) is 0. The minimum atomic E-state index is -0.0401. The quantitative estimate of drug-likeness (QED) is 0.768. The van der Waals surface area contributed by atoms with Gasteiger partial charge in [0, 0.05) is 6.54 Å². The van der Waals surface area contributed by atoms with Crippen molar-refractivity contribution in [2.24, 2.45) is 0 Å². The lowest BCUT2D eigenvalue weighted by molar-refractivity contribution is 0.231. The zero-order valence-corrected chi connectivity index (χ0v) is 9.52. The van der Waals surface area contributed by atoms with Crippen LogP contribution in [0.5, 0.6) is 11.5 Å². The van der Waals surface area contributed by atoms with Crippen LogP contribution in [0.1, 0.15) is 24.8 Å². The smallest absolute Gasteiger partial charge is 0.157 e. The lowest BCUT2D eigenvalue weighted by atomic mass is 10.1. The van der Waals surface area contributed by atoms with E-state index in [2.05, 4.69) is 4.90 Å². The molecule has 0 radical (unpaired) electrons. The van der Waals surface area contributed by atoms with Gasteiger partial charge in [-0.05, 0) is 50.0 Å². The molecule has 1 saturated heterocycles. The topological polar surface area (TPSA) is 43.7 Å². The fourth-order valence-electron chi connectivity index (χ4n) is 2.19. The number of nitrogens with zero attached hydrogens (tertiary/aromatic N) is 1. The van der Waals surface area contributed by atoms with Crippen molar-refractivity contribution in [1.29, 1.82) is 0 Å². The van der Waals surface area contributed by atoms with E-state index in [0.29, 0.717) is 0 Å². The molecule has 1 aromatic rings. The summed E-state index contributed by atoms with van der Waals surface area (Å²) < 4.78 is 0. The van der Waals surface area contributed by atoms with Gasteiger partial charge in [-0.15, -0.1) is 0 Å². The number of aromatic hydroxyl groups is 2. The third kappa shape index (κ3) is 2.89. The van der Waals surface area contributed by atoms with Gasteiger partial charge in [0.2, 0.25) is 0 Å². The molecule has 0 atom stereocenters. The Hall–Kier alpha value is -1.22. The van der Waals surface area contributed by atoms with E-state index in [1.165, 1.54) is 32.4 Å². The van der Waals surface area contributed by atoms with Crippen molar-refractivity contribution in [3.8, 4) is 11.5 Å². The lowest BCUT2D eigenvalue weighted by Gasteiger charge is -2.26. The maximum atomic E-state index is 9.37. The first-order valence-electron chi connectivity index (χ1n) is 5.99. The molecular weight excluding hydrogens is 202 g/mol. The fraction of sp³-hybridized carbons (Fsp3) is 0.538. The van der Waals surface area contributed by atoms with Gasteiger partial charge in [0.1, 0.15) is 0 Å². The minimum absolute atomic E-state index is 0.0175. The molecule has 0 aromatic heterocycles. The molecule has 0 spiro atoms. The summed E-state index contributed by atoms with van der Waals surface area (Å²) in [6.45, 7) is 3.44. The van der Waals surface area contributed by atoms with E-state index in [1.807, 2.05) is 6.07 Å². The van der Waals surface area contributed by atoms with Crippen LogP contribution in [-0.4, -0.2) is 34.7 Å². The largest absolute Gasteiger partial charge is 0.504 e. The zero-order valence-electron chi connectivity index (χ0n) is 9.52. The Labute approximate surface area is 96.3 Å². The summed E-state index contributed by atoms with van der Waals surface area (Å²) in [6.07, 6.45) is 4.91. The molecule has 16 heavy (non-hydrogen) atoms. The molecule has 3 nitrogen and oxygen atoms in total. The molecule has 3 heteroatoms. The van der Waals surface area contributed by atoms with Gasteiger partial charge in [-0.25, -0.2) is 0 Å². The van der Waals surface area contributed by atoms with Crippen LogP contribution in [0.25, 0.3) is 0 Å². The van der Waals surface area contributed by atoms with E-state index >= 15 is 0 Å². The van der Waals surface area contributed by atoms with Crippen molar-refractivity contribution in [3.63, 3.8) is 0 Å². The molecule has 0 amide bonds. The Bertz CT molecular complexity index is 346. The average molecular weight is 221 g/mol. The molecule has 0 aliphatic carbocycles. The highest BCUT2D eigenvalue weighted by molar-refractivity contribution is 5.40. The van der Waals surface area contributed by atoms with Gasteiger partial charge < -0.3 is 15.1 Å². The predicted octanol–water partition coefficient (Wildman–Crippen LogP) is 2.13. The first kappa shape index (κ1) is 11.3. The van der Waals surface area contributed by atoms with Gasteiger partial charge in [0.25, 0.3) is 0 Å². The summed E-state index contributed by atoms with van der Waals surface area (Å²) in [5.74, 6) is -0.0575. The van der Waals surface area contributed by atoms with Crippen LogP contribution in [-0.2, 0) is 6.42 Å². The Morgan fingerprint density at radius 2 is 1.75 bits per heavy atom. The standard InChI is InChI=1S/C13H19NO2/c15-12-5-4-11(10-13(12)16)6-9-14-7-2-1-3-8-14/h4-5,10,15-16H,1-3,6-9H2. The number of rotatable bonds is 3. The zero-order chi connectivity index (χ0) is 11.4. The van der Waals surface area contributed by atoms with Crippen molar-refractivity contribution in [1.82, 2.24) is 4.90 Å². The van der Waals surface area contributed by atoms with Gasteiger partial charge in [0.05, 0.1) is 0 Å². The molecule has 1 heterocycles. The Morgan fingerprint density at radius 3 is 2.44 bits per heavy atom. The van der Waals surface area contributed by atoms with E-state index in [1.54, 1.807) is 12.1 Å². The van der Waals surface area contributed by atoms with Crippen molar-refractivity contribution in [2.75, 3.05) is 19.6 Å². The van der Waals surface area contributed by atoms with Gasteiger partial charge in [-0.1, -0.05) is 12.5 Å². The molecule has 1 aliphatic rings. The minimum Gasteiger partial charge on any atom is -0.504 e. The summed E-state index contributed by atoms with van der Waals surface area (Å²) in [5.41, 5.74) is 1.08. The summed E-state index contributed by atoms with van der Waals surface area (Å²) in [4.78, 5) is 2.47. The summed E-state index contributed by atoms with van der Waals surface area (Å²) in [6, 6.07) is 5.08. The first-order chi connectivity index (χ1) is 7.75. The van der Waals surface area contributed by atoms with Crippen LogP contribution in [0.3, 0.4) is 0 Å². The number of piperidine rings is 1. The van der Waals surface area contributed by atoms with Gasteiger partial charge in [0.15, 0.2) is 11.5 Å². The van der Waals surface area contributed by atoms with Crippen molar-refractivity contribution in [2.45, 2.75) is 25.7 Å². The molecule has 1 fully saturated rings. The molecule has 2 rings (SSSR count). The normalized spacial score (nSPS) is 17.5. The number of benzene rings is 1. The number of phenols is 2. The third-order valence-electron chi connectivity index (χ3n) is 3.21. The van der Waals surface area contributed by atoms with Crippen LogP contribution in [0.4, 0.5) is 0 Å². The van der Waals surface area contributed by atoms with E-state index in [4.69, 9.17) is 0 Å². The molecule has 0 saturated carbocycles. The second-order valence-corrected chi connectivity index (χ2v) is 4.48. The van der Waals surface area contributed by atoms with E-state index in [0.717, 1.165) is 18.5 Å². The Balaban J connectivity index is 1.86. The van der Waals surface area contributed by atoms with Crippen LogP contribution < -0.4 is 0 Å². The number of hydrogen-bond donors (Lipinski definition) is 2. The van der Waals surface area contributed by atoms with Crippen molar-refractivity contribution in [3.05, 3.63) is 23.8 Å². The van der Waals surface area contributed by atoms with Crippen LogP contribution in [0.15, 0.2) is 18.2 Å². The first-order valence-corrected chi connectivity index (χ1v) is 5.99. The van der Waals surface area contributed by atoms with E-state index < -0.39 is 0 Å². The van der Waals surface area contributed by atoms with Gasteiger partial charge >= 0.3 is 0 Å². The second kappa shape index (κ2) is 5.21. The molecule has 1 aromatic carbocycles. The number of likely N-dealkylation sites (tertiary alicyclic amines) is 1. The maximum absolute atomic E-state index is 9.37. The number of phenolic OH excluding ortho intramolecular Hbond substituents is 2. The SMILES string of the molecule is Oc1ccc(CCN2CCCCC2)cc1O. The average Bonchev–Trinajstić information content (AvgIpc) is 2.32. The highest BCUT2D eigenvalue weighted by atomic mass is 16.3. The monoisotopic (exact) mass is 221 g/mol. The summed E-state index contributed by atoms with van der Waals surface area (Å²) >= 11 is 0.